The fraction of sp³-hybridized carbons (Fsp3) is 0.889. The molecule has 2 heteroatoms. The second-order valence-electron chi connectivity index (χ2n) is 3.54. The van der Waals surface area contributed by atoms with E-state index in [4.69, 9.17) is 4.74 Å². The number of hydrogen-bond acceptors (Lipinski definition) is 2. The maximum atomic E-state index is 11.0. The molecule has 64 valence electrons. The molecule has 0 bridgehead atoms. The molecule has 1 heterocycles. The van der Waals surface area contributed by atoms with Crippen LogP contribution in [-0.2, 0) is 9.53 Å². The van der Waals surface area contributed by atoms with Gasteiger partial charge in [0.15, 0.2) is 0 Å². The Bertz CT molecular complexity index is 144. The van der Waals surface area contributed by atoms with E-state index in [1.54, 1.807) is 6.92 Å². The summed E-state index contributed by atoms with van der Waals surface area (Å²) in [4.78, 5) is 11.0. The van der Waals surface area contributed by atoms with Crippen LogP contribution in [0.5, 0.6) is 0 Å². The third-order valence-corrected chi connectivity index (χ3v) is 2.27. The van der Waals surface area contributed by atoms with Crippen molar-refractivity contribution in [2.75, 3.05) is 0 Å². The van der Waals surface area contributed by atoms with Crippen molar-refractivity contribution < 1.29 is 9.53 Å². The summed E-state index contributed by atoms with van der Waals surface area (Å²) in [6.45, 7) is 5.74. The van der Waals surface area contributed by atoms with E-state index in [1.807, 2.05) is 13.8 Å². The first-order valence-electron chi connectivity index (χ1n) is 4.25. The standard InChI is InChI=1S/C9H16O2/c1-6-4-9(8(3)10)5-7(2)11-6/h6-7,9H,4-5H2,1-3H3. The van der Waals surface area contributed by atoms with Gasteiger partial charge in [0.1, 0.15) is 5.78 Å². The van der Waals surface area contributed by atoms with Gasteiger partial charge < -0.3 is 4.74 Å². The summed E-state index contributed by atoms with van der Waals surface area (Å²) in [6, 6.07) is 0. The van der Waals surface area contributed by atoms with Gasteiger partial charge >= 0.3 is 0 Å². The molecule has 0 N–H and O–H groups in total. The minimum atomic E-state index is 0.244. The number of ketones is 1. The van der Waals surface area contributed by atoms with Crippen LogP contribution in [0.2, 0.25) is 0 Å². The van der Waals surface area contributed by atoms with Crippen LogP contribution in [0.4, 0.5) is 0 Å². The molecule has 1 aliphatic rings. The van der Waals surface area contributed by atoms with Crippen LogP contribution in [0, 0.1) is 5.92 Å². The third kappa shape index (κ3) is 2.29. The predicted octanol–water partition coefficient (Wildman–Crippen LogP) is 1.78. The Morgan fingerprint density at radius 2 is 1.73 bits per heavy atom. The summed E-state index contributed by atoms with van der Waals surface area (Å²) in [5.41, 5.74) is 0. The van der Waals surface area contributed by atoms with E-state index in [0.717, 1.165) is 12.8 Å². The van der Waals surface area contributed by atoms with Crippen molar-refractivity contribution >= 4 is 5.78 Å². The Kier molecular flexibility index (Phi) is 2.66. The van der Waals surface area contributed by atoms with E-state index in [1.165, 1.54) is 0 Å². The number of carbonyl (C=O) groups excluding carboxylic acids is 1. The van der Waals surface area contributed by atoms with E-state index >= 15 is 0 Å². The van der Waals surface area contributed by atoms with E-state index < -0.39 is 0 Å². The van der Waals surface area contributed by atoms with Crippen molar-refractivity contribution in [2.45, 2.75) is 45.8 Å². The fourth-order valence-corrected chi connectivity index (χ4v) is 1.74. The van der Waals surface area contributed by atoms with Crippen LogP contribution in [-0.4, -0.2) is 18.0 Å². The highest BCUT2D eigenvalue weighted by Gasteiger charge is 2.26. The van der Waals surface area contributed by atoms with Crippen LogP contribution in [0.25, 0.3) is 0 Å². The Balaban J connectivity index is 2.49. The summed E-state index contributed by atoms with van der Waals surface area (Å²) in [5.74, 6) is 0.556. The van der Waals surface area contributed by atoms with Gasteiger partial charge in [-0.05, 0) is 33.6 Å². The molecule has 11 heavy (non-hydrogen) atoms. The van der Waals surface area contributed by atoms with E-state index in [9.17, 15) is 4.79 Å². The number of rotatable bonds is 1. The zero-order valence-electron chi connectivity index (χ0n) is 7.46. The van der Waals surface area contributed by atoms with Crippen molar-refractivity contribution in [1.29, 1.82) is 0 Å². The number of ether oxygens (including phenoxy) is 1. The molecule has 0 aromatic rings. The number of Topliss-reactive ketones (excluding diaryl/α,β-unsaturated/α-hetero) is 1. The van der Waals surface area contributed by atoms with Gasteiger partial charge in [0.25, 0.3) is 0 Å². The Labute approximate surface area is 67.9 Å². The molecule has 1 rings (SSSR count). The lowest BCUT2D eigenvalue weighted by Gasteiger charge is -2.30. The Hall–Kier alpha value is -0.370. The quantitative estimate of drug-likeness (QED) is 0.578. The van der Waals surface area contributed by atoms with Crippen molar-refractivity contribution in [2.24, 2.45) is 5.92 Å². The zero-order chi connectivity index (χ0) is 8.43. The SMILES string of the molecule is CC(=O)C1CC(C)OC(C)C1. The molecule has 1 aliphatic heterocycles. The maximum Gasteiger partial charge on any atom is 0.133 e. The monoisotopic (exact) mass is 156 g/mol. The molecule has 1 saturated heterocycles. The summed E-state index contributed by atoms with van der Waals surface area (Å²) in [5, 5.41) is 0. The number of carbonyl (C=O) groups is 1. The molecule has 0 saturated carbocycles. The highest BCUT2D eigenvalue weighted by molar-refractivity contribution is 5.78. The van der Waals surface area contributed by atoms with Gasteiger partial charge in [-0.1, -0.05) is 0 Å². The Morgan fingerprint density at radius 1 is 1.27 bits per heavy atom. The van der Waals surface area contributed by atoms with Gasteiger partial charge in [-0.15, -0.1) is 0 Å². The molecule has 0 spiro atoms. The predicted molar refractivity (Wildman–Crippen MR) is 43.4 cm³/mol. The molecule has 0 amide bonds. The highest BCUT2D eigenvalue weighted by Crippen LogP contribution is 2.24. The number of hydrogen-bond donors (Lipinski definition) is 0. The average molecular weight is 156 g/mol. The maximum absolute atomic E-state index is 11.0. The molecular weight excluding hydrogens is 140 g/mol. The molecule has 0 aliphatic carbocycles. The van der Waals surface area contributed by atoms with Gasteiger partial charge in [0, 0.05) is 5.92 Å². The summed E-state index contributed by atoms with van der Waals surface area (Å²) in [7, 11) is 0. The minimum Gasteiger partial charge on any atom is -0.376 e. The van der Waals surface area contributed by atoms with Crippen LogP contribution >= 0.6 is 0 Å². The fourth-order valence-electron chi connectivity index (χ4n) is 1.74. The van der Waals surface area contributed by atoms with Crippen molar-refractivity contribution in [1.82, 2.24) is 0 Å². The summed E-state index contributed by atoms with van der Waals surface area (Å²) in [6.07, 6.45) is 2.32. The van der Waals surface area contributed by atoms with Gasteiger partial charge in [0.05, 0.1) is 12.2 Å². The summed E-state index contributed by atoms with van der Waals surface area (Å²) < 4.78 is 5.51. The van der Waals surface area contributed by atoms with Crippen LogP contribution in [0.1, 0.15) is 33.6 Å². The lowest BCUT2D eigenvalue weighted by Crippen LogP contribution is -2.32. The first kappa shape index (κ1) is 8.72. The summed E-state index contributed by atoms with van der Waals surface area (Å²) >= 11 is 0. The van der Waals surface area contributed by atoms with Crippen LogP contribution in [0.3, 0.4) is 0 Å². The van der Waals surface area contributed by atoms with Gasteiger partial charge in [-0.25, -0.2) is 0 Å². The molecule has 2 nitrogen and oxygen atoms in total. The molecule has 1 fully saturated rings. The molecule has 0 aromatic carbocycles. The van der Waals surface area contributed by atoms with Crippen molar-refractivity contribution in [3.8, 4) is 0 Å². The van der Waals surface area contributed by atoms with Crippen molar-refractivity contribution in [3.05, 3.63) is 0 Å². The second-order valence-corrected chi connectivity index (χ2v) is 3.54. The van der Waals surface area contributed by atoms with E-state index in [0.29, 0.717) is 5.78 Å². The van der Waals surface area contributed by atoms with Crippen molar-refractivity contribution in [3.63, 3.8) is 0 Å². The first-order valence-corrected chi connectivity index (χ1v) is 4.25. The average Bonchev–Trinajstić information content (AvgIpc) is 1.85. The Morgan fingerprint density at radius 3 is 2.09 bits per heavy atom. The van der Waals surface area contributed by atoms with Crippen LogP contribution in [0.15, 0.2) is 0 Å². The second kappa shape index (κ2) is 3.35. The molecule has 0 aromatic heterocycles. The zero-order valence-corrected chi connectivity index (χ0v) is 7.46. The topological polar surface area (TPSA) is 26.3 Å². The van der Waals surface area contributed by atoms with Gasteiger partial charge in [0.2, 0.25) is 0 Å². The lowest BCUT2D eigenvalue weighted by molar-refractivity contribution is -0.128. The van der Waals surface area contributed by atoms with Crippen LogP contribution < -0.4 is 0 Å². The largest absolute Gasteiger partial charge is 0.376 e. The minimum absolute atomic E-state index is 0.244. The highest BCUT2D eigenvalue weighted by atomic mass is 16.5. The molecule has 2 unspecified atom stereocenters. The lowest BCUT2D eigenvalue weighted by atomic mass is 9.90. The van der Waals surface area contributed by atoms with E-state index in [-0.39, 0.29) is 18.1 Å². The normalized spacial score (nSPS) is 38.6. The van der Waals surface area contributed by atoms with Gasteiger partial charge in [-0.2, -0.15) is 0 Å². The molecule has 0 radical (unpaired) electrons. The first-order chi connectivity index (χ1) is 5.09. The van der Waals surface area contributed by atoms with Gasteiger partial charge in [-0.3, -0.25) is 4.79 Å². The third-order valence-electron chi connectivity index (χ3n) is 2.27. The van der Waals surface area contributed by atoms with E-state index in [2.05, 4.69) is 0 Å². The molecule has 2 atom stereocenters. The molecular formula is C9H16O2. The smallest absolute Gasteiger partial charge is 0.133 e.